The minimum atomic E-state index is -4.12. The van der Waals surface area contributed by atoms with Gasteiger partial charge in [-0.1, -0.05) is 65.1 Å². The highest BCUT2D eigenvalue weighted by atomic mass is 35.5. The van der Waals surface area contributed by atoms with E-state index in [2.05, 4.69) is 4.72 Å². The molecular weight excluding hydrogens is 609 g/mol. The normalized spacial score (nSPS) is 16.7. The number of hydrogen-bond acceptors (Lipinski definition) is 5. The van der Waals surface area contributed by atoms with Crippen molar-refractivity contribution in [3.05, 3.63) is 98.5 Å². The number of nitrogens with zero attached hydrogens (tertiary/aromatic N) is 2. The molecule has 2 aliphatic heterocycles. The fraction of sp³-hybridized carbons (Fsp3) is 0.276. The Hall–Kier alpha value is -2.95. The van der Waals surface area contributed by atoms with Gasteiger partial charge in [0.1, 0.15) is 0 Å². The van der Waals surface area contributed by atoms with E-state index in [1.807, 2.05) is 0 Å². The van der Waals surface area contributed by atoms with Gasteiger partial charge in [-0.15, -0.1) is 0 Å². The number of hydrogen-bond donors (Lipinski definition) is 1. The zero-order valence-corrected chi connectivity index (χ0v) is 24.8. The Kier molecular flexibility index (Phi) is 8.73. The molecule has 3 aromatic rings. The number of amides is 3. The lowest BCUT2D eigenvalue weighted by Crippen LogP contribution is -2.44. The summed E-state index contributed by atoms with van der Waals surface area (Å²) >= 11 is 18.5. The zero-order chi connectivity index (χ0) is 29.3. The molecule has 214 valence electrons. The van der Waals surface area contributed by atoms with Crippen LogP contribution in [0.15, 0.2) is 71.6 Å². The summed E-state index contributed by atoms with van der Waals surface area (Å²) < 4.78 is 29.2. The Morgan fingerprint density at radius 1 is 0.878 bits per heavy atom. The number of imide groups is 1. The van der Waals surface area contributed by atoms with Gasteiger partial charge in [-0.05, 0) is 60.7 Å². The maximum atomic E-state index is 13.4. The SMILES string of the molecule is O=C(CC(NS(=O)(=O)c1cc(Cl)cc(Cl)c1)c1ccccc1Cl)N1CCC(CN2C(=O)c3ccccc3C2=O)CC1. The third kappa shape index (κ3) is 6.44. The predicted molar refractivity (Wildman–Crippen MR) is 157 cm³/mol. The number of fused-ring (bicyclic) bond motifs is 1. The molecule has 1 fully saturated rings. The van der Waals surface area contributed by atoms with Gasteiger partial charge in [-0.2, -0.15) is 0 Å². The highest BCUT2D eigenvalue weighted by molar-refractivity contribution is 7.89. The van der Waals surface area contributed by atoms with E-state index in [1.54, 1.807) is 53.4 Å². The molecule has 1 saturated heterocycles. The van der Waals surface area contributed by atoms with E-state index >= 15 is 0 Å². The number of carbonyl (C=O) groups excluding carboxylic acids is 3. The Bertz CT molecular complexity index is 1570. The third-order valence-electron chi connectivity index (χ3n) is 7.39. The summed E-state index contributed by atoms with van der Waals surface area (Å²) in [4.78, 5) is 41.7. The molecule has 5 rings (SSSR count). The van der Waals surface area contributed by atoms with Crippen LogP contribution in [0.5, 0.6) is 0 Å². The van der Waals surface area contributed by atoms with Gasteiger partial charge in [0.25, 0.3) is 11.8 Å². The van der Waals surface area contributed by atoms with Gasteiger partial charge in [0.15, 0.2) is 0 Å². The average Bonchev–Trinajstić information content (AvgIpc) is 3.17. The van der Waals surface area contributed by atoms with E-state index in [0.717, 1.165) is 0 Å². The van der Waals surface area contributed by atoms with E-state index < -0.39 is 16.1 Å². The van der Waals surface area contributed by atoms with Crippen molar-refractivity contribution in [3.63, 3.8) is 0 Å². The van der Waals surface area contributed by atoms with E-state index in [1.165, 1.54) is 23.1 Å². The van der Waals surface area contributed by atoms with Crippen LogP contribution in [0, 0.1) is 5.92 Å². The second-order valence-electron chi connectivity index (χ2n) is 10.1. The lowest BCUT2D eigenvalue weighted by atomic mass is 9.95. The summed E-state index contributed by atoms with van der Waals surface area (Å²) in [5, 5.41) is 0.636. The van der Waals surface area contributed by atoms with Crippen molar-refractivity contribution in [1.82, 2.24) is 14.5 Å². The Morgan fingerprint density at radius 3 is 2.02 bits per heavy atom. The number of piperidine rings is 1. The fourth-order valence-electron chi connectivity index (χ4n) is 5.24. The molecule has 2 aliphatic rings. The monoisotopic (exact) mass is 633 g/mol. The van der Waals surface area contributed by atoms with Crippen LogP contribution in [0.3, 0.4) is 0 Å². The van der Waals surface area contributed by atoms with Crippen molar-refractivity contribution >= 4 is 62.5 Å². The molecule has 1 atom stereocenters. The van der Waals surface area contributed by atoms with Gasteiger partial charge in [-0.25, -0.2) is 13.1 Å². The molecular formula is C29H26Cl3N3O5S. The molecule has 0 spiro atoms. The molecule has 3 aromatic carbocycles. The van der Waals surface area contributed by atoms with Gasteiger partial charge < -0.3 is 4.90 Å². The van der Waals surface area contributed by atoms with Gasteiger partial charge in [-0.3, -0.25) is 19.3 Å². The first-order chi connectivity index (χ1) is 19.5. The molecule has 0 aliphatic carbocycles. The topological polar surface area (TPSA) is 104 Å². The summed E-state index contributed by atoms with van der Waals surface area (Å²) in [5.74, 6) is -0.785. The van der Waals surface area contributed by atoms with Crippen LogP contribution in [0.2, 0.25) is 15.1 Å². The fourth-order valence-corrected chi connectivity index (χ4v) is 7.45. The van der Waals surface area contributed by atoms with Crippen LogP contribution in [0.4, 0.5) is 0 Å². The lowest BCUT2D eigenvalue weighted by molar-refractivity contribution is -0.133. The van der Waals surface area contributed by atoms with Crippen molar-refractivity contribution in [3.8, 4) is 0 Å². The molecule has 2 heterocycles. The molecule has 3 amide bonds. The standard InChI is InChI=1S/C29H26Cl3N3O5S/c30-19-13-20(31)15-21(14-19)41(39,40)33-26(24-7-3-4-8-25(24)32)16-27(36)34-11-9-18(10-12-34)17-35-28(37)22-5-1-2-6-23(22)29(35)38/h1-8,13-15,18,26,33H,9-12,16-17H2. The highest BCUT2D eigenvalue weighted by Gasteiger charge is 2.37. The predicted octanol–water partition coefficient (Wildman–Crippen LogP) is 5.59. The number of carbonyl (C=O) groups is 3. The van der Waals surface area contributed by atoms with Crippen LogP contribution >= 0.6 is 34.8 Å². The first-order valence-electron chi connectivity index (χ1n) is 13.0. The number of likely N-dealkylation sites (tertiary alicyclic amines) is 1. The molecule has 1 unspecified atom stereocenters. The van der Waals surface area contributed by atoms with Gasteiger partial charge in [0.05, 0.1) is 22.1 Å². The van der Waals surface area contributed by atoms with Crippen LogP contribution in [-0.2, 0) is 14.8 Å². The summed E-state index contributed by atoms with van der Waals surface area (Å²) in [6, 6.07) is 16.5. The Labute approximate surface area is 253 Å². The number of halogens is 3. The van der Waals surface area contributed by atoms with E-state index in [4.69, 9.17) is 34.8 Å². The largest absolute Gasteiger partial charge is 0.343 e. The molecule has 41 heavy (non-hydrogen) atoms. The minimum absolute atomic E-state index is 0.0479. The second kappa shape index (κ2) is 12.1. The molecule has 0 aromatic heterocycles. The summed E-state index contributed by atoms with van der Waals surface area (Å²) in [7, 11) is -4.12. The quantitative estimate of drug-likeness (QED) is 0.326. The summed E-state index contributed by atoms with van der Waals surface area (Å²) in [5.41, 5.74) is 1.29. The lowest BCUT2D eigenvalue weighted by Gasteiger charge is -2.34. The zero-order valence-electron chi connectivity index (χ0n) is 21.7. The average molecular weight is 635 g/mol. The van der Waals surface area contributed by atoms with E-state index in [0.29, 0.717) is 54.2 Å². The van der Waals surface area contributed by atoms with Crippen molar-refractivity contribution < 1.29 is 22.8 Å². The van der Waals surface area contributed by atoms with Crippen LogP contribution in [-0.4, -0.2) is 55.6 Å². The molecule has 8 nitrogen and oxygen atoms in total. The number of rotatable bonds is 8. The molecule has 1 N–H and O–H groups in total. The molecule has 0 radical (unpaired) electrons. The van der Waals surface area contributed by atoms with E-state index in [9.17, 15) is 22.8 Å². The van der Waals surface area contributed by atoms with Crippen LogP contribution in [0.1, 0.15) is 51.6 Å². The minimum Gasteiger partial charge on any atom is -0.343 e. The molecule has 0 saturated carbocycles. The van der Waals surface area contributed by atoms with Gasteiger partial charge in [0.2, 0.25) is 15.9 Å². The first kappa shape index (κ1) is 29.5. The maximum absolute atomic E-state index is 13.4. The van der Waals surface area contributed by atoms with Crippen molar-refractivity contribution in [2.75, 3.05) is 19.6 Å². The number of benzene rings is 3. The summed E-state index contributed by atoms with van der Waals surface area (Å²) in [6.45, 7) is 1.12. The smallest absolute Gasteiger partial charge is 0.261 e. The molecule has 0 bridgehead atoms. The van der Waals surface area contributed by atoms with E-state index in [-0.39, 0.29) is 45.0 Å². The van der Waals surface area contributed by atoms with Crippen molar-refractivity contribution in [2.45, 2.75) is 30.2 Å². The Balaban J connectivity index is 1.26. The van der Waals surface area contributed by atoms with Gasteiger partial charge in [0, 0.05) is 41.1 Å². The summed E-state index contributed by atoms with van der Waals surface area (Å²) in [6.07, 6.45) is 1.03. The van der Waals surface area contributed by atoms with Gasteiger partial charge >= 0.3 is 0 Å². The number of nitrogens with one attached hydrogen (secondary N) is 1. The van der Waals surface area contributed by atoms with Crippen LogP contribution in [0.25, 0.3) is 0 Å². The first-order valence-corrected chi connectivity index (χ1v) is 15.6. The van der Waals surface area contributed by atoms with Crippen LogP contribution < -0.4 is 4.72 Å². The third-order valence-corrected chi connectivity index (χ3v) is 9.62. The Morgan fingerprint density at radius 2 is 1.44 bits per heavy atom. The van der Waals surface area contributed by atoms with Crippen molar-refractivity contribution in [2.24, 2.45) is 5.92 Å². The van der Waals surface area contributed by atoms with Crippen molar-refractivity contribution in [1.29, 1.82) is 0 Å². The maximum Gasteiger partial charge on any atom is 0.261 e. The number of sulfonamides is 1. The second-order valence-corrected chi connectivity index (χ2v) is 13.1. The molecule has 12 heteroatoms. The highest BCUT2D eigenvalue weighted by Crippen LogP contribution is 2.31.